The van der Waals surface area contributed by atoms with Gasteiger partial charge in [-0.3, -0.25) is 4.90 Å². The summed E-state index contributed by atoms with van der Waals surface area (Å²) >= 11 is 3.42. The van der Waals surface area contributed by atoms with Gasteiger partial charge >= 0.3 is 0 Å². The van der Waals surface area contributed by atoms with Gasteiger partial charge in [0.15, 0.2) is 0 Å². The minimum atomic E-state index is 0.704. The summed E-state index contributed by atoms with van der Waals surface area (Å²) in [6, 6.07) is 4.85. The fraction of sp³-hybridized carbons (Fsp3) is 0.615. The van der Waals surface area contributed by atoms with Gasteiger partial charge in [0.1, 0.15) is 5.82 Å². The normalized spacial score (nSPS) is 19.4. The number of rotatable bonds is 3. The number of nitrogens with zero attached hydrogens (tertiary/aromatic N) is 3. The Hall–Kier alpha value is -0.610. The highest BCUT2D eigenvalue weighted by molar-refractivity contribution is 9.10. The highest BCUT2D eigenvalue weighted by Gasteiger charge is 2.20. The van der Waals surface area contributed by atoms with Gasteiger partial charge in [-0.05, 0) is 41.4 Å². The SMILES string of the molecule is CCC(C)N1CCN(c2ccc(Br)cn2)CC1. The van der Waals surface area contributed by atoms with Crippen LogP contribution in [0.25, 0.3) is 0 Å². The third-order valence-corrected chi connectivity index (χ3v) is 4.03. The molecule has 2 rings (SSSR count). The number of pyridine rings is 1. The maximum Gasteiger partial charge on any atom is 0.128 e. The number of anilines is 1. The van der Waals surface area contributed by atoms with Crippen LogP contribution >= 0.6 is 15.9 Å². The van der Waals surface area contributed by atoms with Gasteiger partial charge in [0.25, 0.3) is 0 Å². The zero-order valence-corrected chi connectivity index (χ0v) is 12.2. The Balaban J connectivity index is 1.93. The summed E-state index contributed by atoms with van der Waals surface area (Å²) < 4.78 is 1.04. The number of halogens is 1. The van der Waals surface area contributed by atoms with E-state index in [2.05, 4.69) is 56.7 Å². The smallest absolute Gasteiger partial charge is 0.128 e. The van der Waals surface area contributed by atoms with Gasteiger partial charge in [-0.1, -0.05) is 6.92 Å². The van der Waals surface area contributed by atoms with E-state index < -0.39 is 0 Å². The van der Waals surface area contributed by atoms with Gasteiger partial charge in [0.05, 0.1) is 0 Å². The average molecular weight is 298 g/mol. The van der Waals surface area contributed by atoms with Crippen molar-refractivity contribution in [2.24, 2.45) is 0 Å². The van der Waals surface area contributed by atoms with E-state index in [9.17, 15) is 0 Å². The molecule has 1 atom stereocenters. The van der Waals surface area contributed by atoms with E-state index in [1.165, 1.54) is 6.42 Å². The van der Waals surface area contributed by atoms with Crippen molar-refractivity contribution >= 4 is 21.7 Å². The monoisotopic (exact) mass is 297 g/mol. The first-order valence-electron chi connectivity index (χ1n) is 6.31. The molecule has 0 spiro atoms. The lowest BCUT2D eigenvalue weighted by atomic mass is 10.2. The molecule has 1 aliphatic heterocycles. The average Bonchev–Trinajstić information content (AvgIpc) is 2.39. The van der Waals surface area contributed by atoms with Crippen LogP contribution in [0.4, 0.5) is 5.82 Å². The fourth-order valence-corrected chi connectivity index (χ4v) is 2.44. The Morgan fingerprint density at radius 1 is 1.29 bits per heavy atom. The third kappa shape index (κ3) is 3.19. The Morgan fingerprint density at radius 2 is 2.00 bits per heavy atom. The van der Waals surface area contributed by atoms with Crippen molar-refractivity contribution in [1.82, 2.24) is 9.88 Å². The highest BCUT2D eigenvalue weighted by Crippen LogP contribution is 2.17. The molecule has 0 amide bonds. The molecule has 0 N–H and O–H groups in total. The van der Waals surface area contributed by atoms with Crippen LogP contribution in [0.15, 0.2) is 22.8 Å². The molecule has 1 aromatic heterocycles. The molecule has 1 saturated heterocycles. The van der Waals surface area contributed by atoms with Gasteiger partial charge in [-0.15, -0.1) is 0 Å². The maximum atomic E-state index is 4.45. The second-order valence-corrected chi connectivity index (χ2v) is 5.53. The van der Waals surface area contributed by atoms with Gasteiger partial charge in [0, 0.05) is 42.9 Å². The summed E-state index contributed by atoms with van der Waals surface area (Å²) in [7, 11) is 0. The second kappa shape index (κ2) is 5.83. The first kappa shape index (κ1) is 12.8. The standard InChI is InChI=1S/C13H20BrN3/c1-3-11(2)16-6-8-17(9-7-16)13-5-4-12(14)10-15-13/h4-5,10-11H,3,6-9H2,1-2H3. The van der Waals surface area contributed by atoms with E-state index in [1.54, 1.807) is 0 Å². The van der Waals surface area contributed by atoms with E-state index >= 15 is 0 Å². The minimum Gasteiger partial charge on any atom is -0.354 e. The van der Waals surface area contributed by atoms with Crippen LogP contribution in [0.2, 0.25) is 0 Å². The van der Waals surface area contributed by atoms with Crippen LogP contribution in [0.1, 0.15) is 20.3 Å². The molecule has 0 radical (unpaired) electrons. The molecule has 17 heavy (non-hydrogen) atoms. The molecule has 2 heterocycles. The largest absolute Gasteiger partial charge is 0.354 e. The molecule has 0 bridgehead atoms. The van der Waals surface area contributed by atoms with Crippen molar-refractivity contribution in [2.45, 2.75) is 26.3 Å². The van der Waals surface area contributed by atoms with E-state index in [0.29, 0.717) is 6.04 Å². The zero-order chi connectivity index (χ0) is 12.3. The summed E-state index contributed by atoms with van der Waals surface area (Å²) in [5.41, 5.74) is 0. The van der Waals surface area contributed by atoms with Crippen LogP contribution < -0.4 is 4.90 Å². The van der Waals surface area contributed by atoms with Gasteiger partial charge in [0.2, 0.25) is 0 Å². The summed E-state index contributed by atoms with van der Waals surface area (Å²) in [6.45, 7) is 9.03. The lowest BCUT2D eigenvalue weighted by Crippen LogP contribution is -2.49. The first-order chi connectivity index (χ1) is 8.20. The van der Waals surface area contributed by atoms with E-state index in [-0.39, 0.29) is 0 Å². The van der Waals surface area contributed by atoms with E-state index in [1.807, 2.05) is 6.20 Å². The molecule has 1 aliphatic rings. The topological polar surface area (TPSA) is 19.4 Å². The van der Waals surface area contributed by atoms with Gasteiger partial charge in [-0.25, -0.2) is 4.98 Å². The van der Waals surface area contributed by atoms with Crippen molar-refractivity contribution in [1.29, 1.82) is 0 Å². The molecule has 1 fully saturated rings. The molecule has 3 nitrogen and oxygen atoms in total. The first-order valence-corrected chi connectivity index (χ1v) is 7.10. The minimum absolute atomic E-state index is 0.704. The summed E-state index contributed by atoms with van der Waals surface area (Å²) in [5.74, 6) is 1.09. The Kier molecular flexibility index (Phi) is 4.40. The Morgan fingerprint density at radius 3 is 2.53 bits per heavy atom. The van der Waals surface area contributed by atoms with Gasteiger partial charge in [-0.2, -0.15) is 0 Å². The van der Waals surface area contributed by atoms with Crippen molar-refractivity contribution in [3.8, 4) is 0 Å². The molecule has 4 heteroatoms. The Bertz CT molecular complexity index is 344. The van der Waals surface area contributed by atoms with Crippen LogP contribution in [0.3, 0.4) is 0 Å². The summed E-state index contributed by atoms with van der Waals surface area (Å²) in [5, 5.41) is 0. The number of hydrogen-bond acceptors (Lipinski definition) is 3. The molecule has 0 saturated carbocycles. The quantitative estimate of drug-likeness (QED) is 0.855. The van der Waals surface area contributed by atoms with Gasteiger partial charge < -0.3 is 4.90 Å². The molecule has 0 aromatic carbocycles. The predicted molar refractivity (Wildman–Crippen MR) is 75.5 cm³/mol. The zero-order valence-electron chi connectivity index (χ0n) is 10.6. The molecule has 94 valence electrons. The predicted octanol–water partition coefficient (Wildman–Crippen LogP) is 2.76. The van der Waals surface area contributed by atoms with E-state index in [0.717, 1.165) is 36.5 Å². The van der Waals surface area contributed by atoms with Crippen molar-refractivity contribution < 1.29 is 0 Å². The fourth-order valence-electron chi connectivity index (χ4n) is 2.21. The summed E-state index contributed by atoms with van der Waals surface area (Å²) in [6.07, 6.45) is 3.10. The molecule has 1 aromatic rings. The number of piperazine rings is 1. The van der Waals surface area contributed by atoms with Crippen molar-refractivity contribution in [2.75, 3.05) is 31.1 Å². The van der Waals surface area contributed by atoms with Crippen LogP contribution in [0, 0.1) is 0 Å². The molecular weight excluding hydrogens is 278 g/mol. The number of hydrogen-bond donors (Lipinski definition) is 0. The third-order valence-electron chi connectivity index (χ3n) is 3.56. The second-order valence-electron chi connectivity index (χ2n) is 4.61. The van der Waals surface area contributed by atoms with Crippen molar-refractivity contribution in [3.63, 3.8) is 0 Å². The molecule has 0 aliphatic carbocycles. The molecule has 1 unspecified atom stereocenters. The van der Waals surface area contributed by atoms with Crippen molar-refractivity contribution in [3.05, 3.63) is 22.8 Å². The number of aromatic nitrogens is 1. The lowest BCUT2D eigenvalue weighted by Gasteiger charge is -2.38. The van der Waals surface area contributed by atoms with Crippen LogP contribution in [-0.4, -0.2) is 42.1 Å². The molecular formula is C13H20BrN3. The van der Waals surface area contributed by atoms with E-state index in [4.69, 9.17) is 0 Å². The lowest BCUT2D eigenvalue weighted by molar-refractivity contribution is 0.192. The van der Waals surface area contributed by atoms with Crippen LogP contribution in [0.5, 0.6) is 0 Å². The van der Waals surface area contributed by atoms with Crippen LogP contribution in [-0.2, 0) is 0 Å². The Labute approximate surface area is 112 Å². The highest BCUT2D eigenvalue weighted by atomic mass is 79.9. The summed E-state index contributed by atoms with van der Waals surface area (Å²) in [4.78, 5) is 9.38. The maximum absolute atomic E-state index is 4.45.